The molecule has 1 aromatic carbocycles. The van der Waals surface area contributed by atoms with Gasteiger partial charge in [0.05, 0.1) is 17.7 Å². The molecule has 0 bridgehead atoms. The minimum Gasteiger partial charge on any atom is -0.352 e. The molecular weight excluding hydrogens is 328 g/mol. The van der Waals surface area contributed by atoms with Crippen LogP contribution < -0.4 is 5.32 Å². The highest BCUT2D eigenvalue weighted by atomic mass is 16.2. The van der Waals surface area contributed by atoms with Crippen molar-refractivity contribution in [2.75, 3.05) is 13.1 Å². The molecule has 0 radical (unpaired) electrons. The van der Waals surface area contributed by atoms with Crippen LogP contribution in [0.4, 0.5) is 0 Å². The Hall–Kier alpha value is -3.20. The summed E-state index contributed by atoms with van der Waals surface area (Å²) in [5.41, 5.74) is 1.86. The van der Waals surface area contributed by atoms with Crippen LogP contribution in [-0.4, -0.2) is 34.8 Å². The highest BCUT2D eigenvalue weighted by molar-refractivity contribution is 5.94. The van der Waals surface area contributed by atoms with Crippen molar-refractivity contribution in [2.45, 2.75) is 19.4 Å². The molecule has 2 atom stereocenters. The van der Waals surface area contributed by atoms with Crippen molar-refractivity contribution in [3.8, 4) is 6.07 Å². The number of nitrogens with zero attached hydrogens (tertiary/aromatic N) is 3. The molecule has 2 heterocycles. The number of aromatic nitrogens is 1. The van der Waals surface area contributed by atoms with E-state index < -0.39 is 0 Å². The lowest BCUT2D eigenvalue weighted by molar-refractivity contribution is -0.128. The third-order valence-corrected chi connectivity index (χ3v) is 4.68. The number of likely N-dealkylation sites (tertiary alicyclic amines) is 1. The Morgan fingerprint density at radius 1 is 1.38 bits per heavy atom. The molecule has 3 rings (SSSR count). The Morgan fingerprint density at radius 3 is 2.92 bits per heavy atom. The lowest BCUT2D eigenvalue weighted by Crippen LogP contribution is -2.34. The van der Waals surface area contributed by atoms with Crippen molar-refractivity contribution >= 4 is 11.8 Å². The number of hydrogen-bond acceptors (Lipinski definition) is 4. The number of amides is 2. The van der Waals surface area contributed by atoms with Gasteiger partial charge in [-0.2, -0.15) is 5.26 Å². The first-order valence-corrected chi connectivity index (χ1v) is 8.61. The van der Waals surface area contributed by atoms with Gasteiger partial charge in [0, 0.05) is 43.4 Å². The lowest BCUT2D eigenvalue weighted by Gasteiger charge is -2.27. The van der Waals surface area contributed by atoms with Crippen molar-refractivity contribution in [3.63, 3.8) is 0 Å². The number of nitrogens with one attached hydrogen (secondary N) is 1. The molecule has 1 N–H and O–H groups in total. The quantitative estimate of drug-likeness (QED) is 0.898. The van der Waals surface area contributed by atoms with Crippen molar-refractivity contribution in [3.05, 3.63) is 65.5 Å². The van der Waals surface area contributed by atoms with Crippen molar-refractivity contribution in [2.24, 2.45) is 5.92 Å². The van der Waals surface area contributed by atoms with Gasteiger partial charge in [-0.1, -0.05) is 12.1 Å². The first kappa shape index (κ1) is 17.6. The van der Waals surface area contributed by atoms with Crippen molar-refractivity contribution in [1.29, 1.82) is 5.26 Å². The predicted octanol–water partition coefficient (Wildman–Crippen LogP) is 2.29. The maximum Gasteiger partial charge on any atom is 0.251 e. The zero-order valence-corrected chi connectivity index (χ0v) is 14.6. The van der Waals surface area contributed by atoms with Crippen LogP contribution in [0.3, 0.4) is 0 Å². The van der Waals surface area contributed by atoms with Crippen molar-refractivity contribution < 1.29 is 9.59 Å². The Morgan fingerprint density at radius 2 is 2.23 bits per heavy atom. The van der Waals surface area contributed by atoms with E-state index in [1.54, 1.807) is 36.7 Å². The fourth-order valence-electron chi connectivity index (χ4n) is 3.48. The maximum atomic E-state index is 12.4. The fourth-order valence-corrected chi connectivity index (χ4v) is 3.48. The molecule has 0 unspecified atom stereocenters. The molecule has 2 amide bonds. The van der Waals surface area contributed by atoms with E-state index in [0.29, 0.717) is 30.6 Å². The third-order valence-electron chi connectivity index (χ3n) is 4.68. The molecule has 0 saturated carbocycles. The van der Waals surface area contributed by atoms with Crippen LogP contribution in [0.2, 0.25) is 0 Å². The fraction of sp³-hybridized carbons (Fsp3) is 0.300. The number of rotatable bonds is 5. The predicted molar refractivity (Wildman–Crippen MR) is 96.0 cm³/mol. The van der Waals surface area contributed by atoms with Gasteiger partial charge in [0.25, 0.3) is 5.91 Å². The maximum absolute atomic E-state index is 12.4. The largest absolute Gasteiger partial charge is 0.352 e. The highest BCUT2D eigenvalue weighted by Gasteiger charge is 2.39. The van der Waals surface area contributed by atoms with Gasteiger partial charge in [0.1, 0.15) is 0 Å². The number of hydrogen-bond donors (Lipinski definition) is 1. The molecule has 1 aromatic heterocycles. The summed E-state index contributed by atoms with van der Waals surface area (Å²) in [5.74, 6) is -0.170. The number of benzene rings is 1. The summed E-state index contributed by atoms with van der Waals surface area (Å²) in [6.45, 7) is 2.96. The molecular formula is C20H20N4O2. The number of carbonyl (C=O) groups excluding carboxylic acids is 2. The van der Waals surface area contributed by atoms with E-state index in [1.165, 1.54) is 0 Å². The summed E-state index contributed by atoms with van der Waals surface area (Å²) in [6, 6.07) is 12.3. The monoisotopic (exact) mass is 348 g/mol. The van der Waals surface area contributed by atoms with Gasteiger partial charge in [-0.3, -0.25) is 14.6 Å². The van der Waals surface area contributed by atoms with E-state index in [2.05, 4.69) is 10.3 Å². The van der Waals surface area contributed by atoms with Crippen LogP contribution in [0.5, 0.6) is 0 Å². The molecule has 6 heteroatoms. The van der Waals surface area contributed by atoms with Gasteiger partial charge in [-0.05, 0) is 36.8 Å². The normalized spacial score (nSPS) is 19.2. The van der Waals surface area contributed by atoms with Crippen LogP contribution in [0.25, 0.3) is 0 Å². The van der Waals surface area contributed by atoms with E-state index in [1.807, 2.05) is 30.0 Å². The molecule has 26 heavy (non-hydrogen) atoms. The second-order valence-electron chi connectivity index (χ2n) is 6.28. The third kappa shape index (κ3) is 3.57. The van der Waals surface area contributed by atoms with Crippen LogP contribution in [0, 0.1) is 17.2 Å². The zero-order valence-electron chi connectivity index (χ0n) is 14.6. The van der Waals surface area contributed by atoms with Crippen LogP contribution in [-0.2, 0) is 4.79 Å². The van der Waals surface area contributed by atoms with Gasteiger partial charge >= 0.3 is 0 Å². The Bertz CT molecular complexity index is 844. The summed E-state index contributed by atoms with van der Waals surface area (Å²) in [6.07, 6.45) is 3.87. The minimum atomic E-state index is -0.241. The first-order valence-electron chi connectivity index (χ1n) is 8.61. The Balaban J connectivity index is 1.74. The van der Waals surface area contributed by atoms with E-state index in [-0.39, 0.29) is 23.8 Å². The standard InChI is InChI=1S/C20H20N4O2/c1-2-24-18(25)10-17(19(24)16-7-4-8-22-12-16)13-23-20(26)15-6-3-5-14(9-15)11-21/h3-9,12,17,19H,2,10,13H2,1H3,(H,23,26)/t17-,19-/m0/s1. The van der Waals surface area contributed by atoms with E-state index >= 15 is 0 Å². The summed E-state index contributed by atoms with van der Waals surface area (Å²) < 4.78 is 0. The number of pyridine rings is 1. The highest BCUT2D eigenvalue weighted by Crippen LogP contribution is 2.37. The molecule has 132 valence electrons. The molecule has 0 spiro atoms. The second kappa shape index (κ2) is 7.79. The van der Waals surface area contributed by atoms with Crippen LogP contribution >= 0.6 is 0 Å². The summed E-state index contributed by atoms with van der Waals surface area (Å²) >= 11 is 0. The topological polar surface area (TPSA) is 86.1 Å². The van der Waals surface area contributed by atoms with Gasteiger partial charge in [0.15, 0.2) is 0 Å². The lowest BCUT2D eigenvalue weighted by atomic mass is 9.94. The number of nitriles is 1. The molecule has 1 fully saturated rings. The van der Waals surface area contributed by atoms with E-state index in [4.69, 9.17) is 5.26 Å². The van der Waals surface area contributed by atoms with Crippen molar-refractivity contribution in [1.82, 2.24) is 15.2 Å². The van der Waals surface area contributed by atoms with E-state index in [9.17, 15) is 9.59 Å². The van der Waals surface area contributed by atoms with E-state index in [0.717, 1.165) is 5.56 Å². The van der Waals surface area contributed by atoms with Crippen LogP contribution in [0.15, 0.2) is 48.8 Å². The average molecular weight is 348 g/mol. The first-order chi connectivity index (χ1) is 12.6. The molecule has 6 nitrogen and oxygen atoms in total. The van der Waals surface area contributed by atoms with Gasteiger partial charge in [-0.15, -0.1) is 0 Å². The molecule has 1 aliphatic rings. The Kier molecular flexibility index (Phi) is 5.28. The molecule has 1 aliphatic heterocycles. The SMILES string of the molecule is CCN1C(=O)C[C@@H](CNC(=O)c2cccc(C#N)c2)[C@@H]1c1cccnc1. The minimum absolute atomic E-state index is 0.0188. The Labute approximate surface area is 152 Å². The van der Waals surface area contributed by atoms with Gasteiger partial charge in [-0.25, -0.2) is 0 Å². The van der Waals surface area contributed by atoms with Gasteiger partial charge < -0.3 is 10.2 Å². The molecule has 1 saturated heterocycles. The second-order valence-corrected chi connectivity index (χ2v) is 6.28. The summed E-state index contributed by atoms with van der Waals surface area (Å²) in [7, 11) is 0. The molecule has 0 aliphatic carbocycles. The average Bonchev–Trinajstić information content (AvgIpc) is 3.02. The van der Waals surface area contributed by atoms with Gasteiger partial charge in [0.2, 0.25) is 5.91 Å². The summed E-state index contributed by atoms with van der Waals surface area (Å²) in [4.78, 5) is 30.8. The zero-order chi connectivity index (χ0) is 18.5. The van der Waals surface area contributed by atoms with Crippen LogP contribution in [0.1, 0.15) is 40.9 Å². The molecule has 2 aromatic rings. The number of carbonyl (C=O) groups is 2. The summed E-state index contributed by atoms with van der Waals surface area (Å²) in [5, 5.41) is 11.9. The smallest absolute Gasteiger partial charge is 0.251 e.